The molecule has 0 bridgehead atoms. The first-order chi connectivity index (χ1) is 10.6. The maximum Gasteiger partial charge on any atom is 0.340 e. The van der Waals surface area contributed by atoms with Crippen LogP contribution in [0.15, 0.2) is 18.2 Å². The SMILES string of the molecule is Cc1cccc(C(=O)OCC(=O)N[C@]2(C)CCS(=O)(=O)C2)c1N. The van der Waals surface area contributed by atoms with Crippen LogP contribution in [0.3, 0.4) is 0 Å². The van der Waals surface area contributed by atoms with Gasteiger partial charge >= 0.3 is 5.97 Å². The van der Waals surface area contributed by atoms with Crippen LogP contribution < -0.4 is 11.1 Å². The Hall–Kier alpha value is -2.09. The molecule has 1 aromatic rings. The summed E-state index contributed by atoms with van der Waals surface area (Å²) in [4.78, 5) is 23.9. The second kappa shape index (κ2) is 6.19. The highest BCUT2D eigenvalue weighted by atomic mass is 32.2. The van der Waals surface area contributed by atoms with Crippen molar-refractivity contribution < 1.29 is 22.7 Å². The van der Waals surface area contributed by atoms with Crippen molar-refractivity contribution in [1.29, 1.82) is 0 Å². The van der Waals surface area contributed by atoms with Crippen LogP contribution in [0.5, 0.6) is 0 Å². The van der Waals surface area contributed by atoms with Crippen molar-refractivity contribution in [2.75, 3.05) is 23.8 Å². The van der Waals surface area contributed by atoms with Gasteiger partial charge in [-0.3, -0.25) is 4.79 Å². The average Bonchev–Trinajstić information content (AvgIpc) is 2.72. The third-order valence-electron chi connectivity index (χ3n) is 3.82. The highest BCUT2D eigenvalue weighted by Gasteiger charge is 2.39. The number of amides is 1. The normalized spacial score (nSPS) is 22.5. The summed E-state index contributed by atoms with van der Waals surface area (Å²) in [5.74, 6) is -1.29. The number of sulfone groups is 1. The van der Waals surface area contributed by atoms with Gasteiger partial charge in [-0.25, -0.2) is 13.2 Å². The van der Waals surface area contributed by atoms with Gasteiger partial charge in [0, 0.05) is 5.69 Å². The fourth-order valence-electron chi connectivity index (χ4n) is 2.55. The zero-order valence-corrected chi connectivity index (χ0v) is 13.9. The minimum Gasteiger partial charge on any atom is -0.452 e. The van der Waals surface area contributed by atoms with Crippen LogP contribution in [-0.4, -0.2) is 43.9 Å². The second-order valence-electron chi connectivity index (χ2n) is 6.06. The van der Waals surface area contributed by atoms with E-state index in [4.69, 9.17) is 10.5 Å². The molecule has 1 aliphatic rings. The number of carbonyl (C=O) groups is 2. The number of para-hydroxylation sites is 1. The number of hydrogen-bond acceptors (Lipinski definition) is 6. The lowest BCUT2D eigenvalue weighted by atomic mass is 10.0. The topological polar surface area (TPSA) is 116 Å². The Labute approximate surface area is 135 Å². The average molecular weight is 340 g/mol. The van der Waals surface area contributed by atoms with E-state index >= 15 is 0 Å². The molecule has 3 N–H and O–H groups in total. The molecule has 1 saturated heterocycles. The first-order valence-corrected chi connectivity index (χ1v) is 8.98. The van der Waals surface area contributed by atoms with Gasteiger partial charge in [-0.2, -0.15) is 0 Å². The molecule has 0 unspecified atom stereocenters. The van der Waals surface area contributed by atoms with Crippen molar-refractivity contribution in [1.82, 2.24) is 5.32 Å². The summed E-state index contributed by atoms with van der Waals surface area (Å²) in [7, 11) is -3.12. The number of aryl methyl sites for hydroxylation is 1. The van der Waals surface area contributed by atoms with Crippen LogP contribution in [0.25, 0.3) is 0 Å². The highest BCUT2D eigenvalue weighted by molar-refractivity contribution is 7.91. The van der Waals surface area contributed by atoms with Crippen LogP contribution in [0, 0.1) is 6.92 Å². The van der Waals surface area contributed by atoms with Gasteiger partial charge < -0.3 is 15.8 Å². The number of esters is 1. The predicted molar refractivity (Wildman–Crippen MR) is 85.7 cm³/mol. The van der Waals surface area contributed by atoms with Crippen molar-refractivity contribution in [3.8, 4) is 0 Å². The van der Waals surface area contributed by atoms with E-state index in [0.717, 1.165) is 5.56 Å². The molecule has 8 heteroatoms. The van der Waals surface area contributed by atoms with Crippen molar-refractivity contribution in [2.45, 2.75) is 25.8 Å². The van der Waals surface area contributed by atoms with E-state index in [9.17, 15) is 18.0 Å². The quantitative estimate of drug-likeness (QED) is 0.606. The summed E-state index contributed by atoms with van der Waals surface area (Å²) in [5, 5.41) is 2.62. The number of nitrogen functional groups attached to an aromatic ring is 1. The largest absolute Gasteiger partial charge is 0.452 e. The Kier molecular flexibility index (Phi) is 4.65. The maximum absolute atomic E-state index is 12.0. The first kappa shape index (κ1) is 17.3. The molecular formula is C15H20N2O5S. The lowest BCUT2D eigenvalue weighted by Gasteiger charge is -2.23. The third-order valence-corrected chi connectivity index (χ3v) is 5.73. The molecule has 0 radical (unpaired) electrons. The molecule has 0 saturated carbocycles. The predicted octanol–water partition coefficient (Wildman–Crippen LogP) is 0.427. The molecule has 126 valence electrons. The fraction of sp³-hybridized carbons (Fsp3) is 0.467. The van der Waals surface area contributed by atoms with Crippen LogP contribution in [0.1, 0.15) is 29.3 Å². The van der Waals surface area contributed by atoms with E-state index in [1.165, 1.54) is 6.07 Å². The standard InChI is InChI=1S/C15H20N2O5S/c1-10-4-3-5-11(13(10)16)14(19)22-8-12(18)17-15(2)6-7-23(20,21)9-15/h3-5H,6-9,16H2,1-2H3,(H,17,18)/t15-/m1/s1. The summed E-state index contributed by atoms with van der Waals surface area (Å²) in [5.41, 5.74) is 6.25. The van der Waals surface area contributed by atoms with E-state index in [-0.39, 0.29) is 17.1 Å². The number of anilines is 1. The molecule has 1 aromatic carbocycles. The third kappa shape index (κ3) is 4.22. The molecule has 7 nitrogen and oxygen atoms in total. The van der Waals surface area contributed by atoms with E-state index < -0.39 is 33.9 Å². The number of carbonyl (C=O) groups excluding carboxylic acids is 2. The Bertz CT molecular complexity index is 744. The first-order valence-electron chi connectivity index (χ1n) is 7.16. The zero-order chi connectivity index (χ0) is 17.3. The molecule has 1 aliphatic heterocycles. The molecule has 0 aromatic heterocycles. The number of benzene rings is 1. The minimum atomic E-state index is -3.12. The van der Waals surface area contributed by atoms with Gasteiger partial charge in [0.15, 0.2) is 16.4 Å². The maximum atomic E-state index is 12.0. The van der Waals surface area contributed by atoms with E-state index in [0.29, 0.717) is 12.1 Å². The number of rotatable bonds is 4. The van der Waals surface area contributed by atoms with Crippen LogP contribution in [0.2, 0.25) is 0 Å². The summed E-state index contributed by atoms with van der Waals surface area (Å²) in [6.07, 6.45) is 0.347. The number of hydrogen-bond donors (Lipinski definition) is 2. The molecule has 23 heavy (non-hydrogen) atoms. The van der Waals surface area contributed by atoms with Crippen molar-refractivity contribution in [2.24, 2.45) is 0 Å². The molecule has 2 rings (SSSR count). The van der Waals surface area contributed by atoms with Gasteiger partial charge in [0.1, 0.15) is 0 Å². The molecule has 1 atom stereocenters. The number of nitrogens with one attached hydrogen (secondary N) is 1. The van der Waals surface area contributed by atoms with E-state index in [1.807, 2.05) is 0 Å². The van der Waals surface area contributed by atoms with Crippen molar-refractivity contribution >= 4 is 27.4 Å². The summed E-state index contributed by atoms with van der Waals surface area (Å²) in [6.45, 7) is 2.94. The fourth-order valence-corrected chi connectivity index (χ4v) is 4.64. The van der Waals surface area contributed by atoms with Crippen molar-refractivity contribution in [3.63, 3.8) is 0 Å². The Morgan fingerprint density at radius 1 is 1.39 bits per heavy atom. The van der Waals surface area contributed by atoms with Crippen molar-refractivity contribution in [3.05, 3.63) is 29.3 Å². The molecule has 1 amide bonds. The van der Waals surface area contributed by atoms with Gasteiger partial charge in [-0.1, -0.05) is 12.1 Å². The molecule has 1 fully saturated rings. The summed E-state index contributed by atoms with van der Waals surface area (Å²) < 4.78 is 27.9. The Morgan fingerprint density at radius 3 is 2.70 bits per heavy atom. The molecule has 1 heterocycles. The minimum absolute atomic E-state index is 0.0450. The van der Waals surface area contributed by atoms with E-state index in [1.54, 1.807) is 26.0 Å². The van der Waals surface area contributed by atoms with Crippen LogP contribution in [0.4, 0.5) is 5.69 Å². The molecule has 0 aliphatic carbocycles. The summed E-state index contributed by atoms with van der Waals surface area (Å²) in [6, 6.07) is 4.96. The Morgan fingerprint density at radius 2 is 2.09 bits per heavy atom. The summed E-state index contributed by atoms with van der Waals surface area (Å²) >= 11 is 0. The smallest absolute Gasteiger partial charge is 0.340 e. The monoisotopic (exact) mass is 340 g/mol. The number of ether oxygens (including phenoxy) is 1. The zero-order valence-electron chi connectivity index (χ0n) is 13.1. The van der Waals surface area contributed by atoms with E-state index in [2.05, 4.69) is 5.32 Å². The van der Waals surface area contributed by atoms with Gasteiger partial charge in [0.25, 0.3) is 5.91 Å². The highest BCUT2D eigenvalue weighted by Crippen LogP contribution is 2.22. The Balaban J connectivity index is 1.92. The lowest BCUT2D eigenvalue weighted by Crippen LogP contribution is -2.48. The van der Waals surface area contributed by atoms with Crippen LogP contribution in [-0.2, 0) is 19.4 Å². The number of nitrogens with two attached hydrogens (primary N) is 1. The lowest BCUT2D eigenvalue weighted by molar-refractivity contribution is -0.125. The second-order valence-corrected chi connectivity index (χ2v) is 8.25. The molecule has 0 spiro atoms. The van der Waals surface area contributed by atoms with Crippen LogP contribution >= 0.6 is 0 Å². The van der Waals surface area contributed by atoms with Gasteiger partial charge in [-0.15, -0.1) is 0 Å². The van der Waals surface area contributed by atoms with Gasteiger partial charge in [-0.05, 0) is 31.9 Å². The molecular weight excluding hydrogens is 320 g/mol. The van der Waals surface area contributed by atoms with Gasteiger partial charge in [0.2, 0.25) is 0 Å². The van der Waals surface area contributed by atoms with Gasteiger partial charge in [0.05, 0.1) is 22.6 Å².